The van der Waals surface area contributed by atoms with Crippen molar-refractivity contribution in [3.05, 3.63) is 34.1 Å². The zero-order chi connectivity index (χ0) is 11.4. The number of hydrogen-bond acceptors (Lipinski definition) is 2. The Morgan fingerprint density at radius 3 is 2.80 bits per heavy atom. The molecule has 0 aromatic heterocycles. The Bertz CT molecular complexity index is 371. The van der Waals surface area contributed by atoms with Crippen LogP contribution in [0, 0.1) is 5.82 Å². The molecule has 1 aromatic rings. The number of rotatable bonds is 4. The largest absolute Gasteiger partial charge is 0.354 e. The van der Waals surface area contributed by atoms with E-state index in [9.17, 15) is 13.6 Å². The molecule has 15 heavy (non-hydrogen) atoms. The van der Waals surface area contributed by atoms with Crippen LogP contribution in [0.2, 0.25) is 5.02 Å². The van der Waals surface area contributed by atoms with Crippen LogP contribution in [0.1, 0.15) is 17.4 Å². The number of hydrogen-bond donors (Lipinski definition) is 2. The highest BCUT2D eigenvalue weighted by atomic mass is 35.5. The SMILES string of the molecule is NC(F)c1ccc(Cl)c(F)c1CNC=O. The van der Waals surface area contributed by atoms with Crippen molar-refractivity contribution in [2.24, 2.45) is 5.73 Å². The highest BCUT2D eigenvalue weighted by Crippen LogP contribution is 2.25. The van der Waals surface area contributed by atoms with Gasteiger partial charge in [-0.05, 0) is 6.07 Å². The second-order valence-electron chi connectivity index (χ2n) is 2.83. The minimum absolute atomic E-state index is 0.0220. The van der Waals surface area contributed by atoms with Crippen molar-refractivity contribution in [3.8, 4) is 0 Å². The van der Waals surface area contributed by atoms with E-state index in [0.717, 1.165) is 0 Å². The number of alkyl halides is 1. The summed E-state index contributed by atoms with van der Waals surface area (Å²) in [7, 11) is 0. The molecule has 0 radical (unpaired) electrons. The normalized spacial score (nSPS) is 12.3. The highest BCUT2D eigenvalue weighted by molar-refractivity contribution is 6.30. The number of halogens is 3. The molecule has 6 heteroatoms. The third-order valence-corrected chi connectivity index (χ3v) is 2.18. The quantitative estimate of drug-likeness (QED) is 0.615. The highest BCUT2D eigenvalue weighted by Gasteiger charge is 2.16. The molecule has 1 unspecified atom stereocenters. The number of nitrogens with two attached hydrogens (primary N) is 1. The lowest BCUT2D eigenvalue weighted by atomic mass is 10.1. The molecule has 0 heterocycles. The van der Waals surface area contributed by atoms with Gasteiger partial charge in [0, 0.05) is 17.7 Å². The summed E-state index contributed by atoms with van der Waals surface area (Å²) in [6, 6.07) is 2.51. The van der Waals surface area contributed by atoms with Crippen LogP contribution >= 0.6 is 11.6 Å². The summed E-state index contributed by atoms with van der Waals surface area (Å²) in [4.78, 5) is 10.1. The average molecular weight is 235 g/mol. The maximum atomic E-state index is 13.4. The number of benzene rings is 1. The molecule has 3 nitrogen and oxygen atoms in total. The lowest BCUT2D eigenvalue weighted by Gasteiger charge is -2.11. The van der Waals surface area contributed by atoms with E-state index < -0.39 is 12.1 Å². The number of nitrogens with one attached hydrogen (secondary N) is 1. The van der Waals surface area contributed by atoms with Gasteiger partial charge in [0.1, 0.15) is 5.82 Å². The molecule has 1 aromatic carbocycles. The van der Waals surface area contributed by atoms with Crippen molar-refractivity contribution in [3.63, 3.8) is 0 Å². The van der Waals surface area contributed by atoms with Crippen molar-refractivity contribution in [1.29, 1.82) is 0 Å². The van der Waals surface area contributed by atoms with E-state index in [-0.39, 0.29) is 22.7 Å². The van der Waals surface area contributed by atoms with Gasteiger partial charge in [-0.3, -0.25) is 10.5 Å². The van der Waals surface area contributed by atoms with Crippen molar-refractivity contribution < 1.29 is 13.6 Å². The predicted octanol–water partition coefficient (Wildman–Crippen LogP) is 1.65. The minimum Gasteiger partial charge on any atom is -0.354 e. The molecule has 0 aliphatic rings. The molecule has 0 saturated heterocycles. The number of carbonyl (C=O) groups excluding carboxylic acids is 1. The third kappa shape index (κ3) is 2.64. The van der Waals surface area contributed by atoms with Gasteiger partial charge in [0.15, 0.2) is 6.30 Å². The molecule has 1 rings (SSSR count). The summed E-state index contributed by atoms with van der Waals surface area (Å²) < 4.78 is 26.3. The Kier molecular flexibility index (Phi) is 3.99. The van der Waals surface area contributed by atoms with E-state index in [1.54, 1.807) is 0 Å². The summed E-state index contributed by atoms with van der Waals surface area (Å²) in [6.07, 6.45) is -1.42. The van der Waals surface area contributed by atoms with Crippen molar-refractivity contribution in [2.45, 2.75) is 12.8 Å². The first-order valence-electron chi connectivity index (χ1n) is 4.11. The van der Waals surface area contributed by atoms with Crippen molar-refractivity contribution in [1.82, 2.24) is 5.32 Å². The van der Waals surface area contributed by atoms with Crippen LogP contribution in [-0.2, 0) is 11.3 Å². The Balaban J connectivity index is 3.15. The lowest BCUT2D eigenvalue weighted by molar-refractivity contribution is -0.109. The monoisotopic (exact) mass is 234 g/mol. The average Bonchev–Trinajstić information content (AvgIpc) is 2.19. The Labute approximate surface area is 90.2 Å². The van der Waals surface area contributed by atoms with E-state index >= 15 is 0 Å². The topological polar surface area (TPSA) is 55.1 Å². The smallest absolute Gasteiger partial charge is 0.207 e. The molecular formula is C9H9ClF2N2O. The van der Waals surface area contributed by atoms with Gasteiger partial charge in [-0.25, -0.2) is 8.78 Å². The molecule has 0 fully saturated rings. The van der Waals surface area contributed by atoms with Crippen LogP contribution in [0.25, 0.3) is 0 Å². The predicted molar refractivity (Wildman–Crippen MR) is 52.4 cm³/mol. The fraction of sp³-hybridized carbons (Fsp3) is 0.222. The van der Waals surface area contributed by atoms with Gasteiger partial charge >= 0.3 is 0 Å². The summed E-state index contributed by atoms with van der Waals surface area (Å²) in [5, 5.41) is 2.09. The van der Waals surface area contributed by atoms with E-state index in [4.69, 9.17) is 17.3 Å². The zero-order valence-corrected chi connectivity index (χ0v) is 8.39. The minimum atomic E-state index is -1.81. The third-order valence-electron chi connectivity index (χ3n) is 1.89. The fourth-order valence-corrected chi connectivity index (χ4v) is 1.37. The second-order valence-corrected chi connectivity index (χ2v) is 3.24. The maximum Gasteiger partial charge on any atom is 0.207 e. The van der Waals surface area contributed by atoms with Gasteiger partial charge < -0.3 is 5.32 Å². The van der Waals surface area contributed by atoms with E-state index in [1.807, 2.05) is 0 Å². The summed E-state index contributed by atoms with van der Waals surface area (Å²) in [6.45, 7) is -0.150. The van der Waals surface area contributed by atoms with Crippen LogP contribution in [0.15, 0.2) is 12.1 Å². The summed E-state index contributed by atoms with van der Waals surface area (Å²) in [5.74, 6) is -0.767. The number of carbonyl (C=O) groups is 1. The van der Waals surface area contributed by atoms with Crippen LogP contribution in [-0.4, -0.2) is 6.41 Å². The maximum absolute atomic E-state index is 13.4. The molecule has 3 N–H and O–H groups in total. The molecule has 1 atom stereocenters. The van der Waals surface area contributed by atoms with Gasteiger partial charge in [-0.1, -0.05) is 17.7 Å². The molecular weight excluding hydrogens is 226 g/mol. The van der Waals surface area contributed by atoms with E-state index in [0.29, 0.717) is 6.41 Å². The van der Waals surface area contributed by atoms with Crippen LogP contribution in [0.4, 0.5) is 8.78 Å². The molecule has 0 aliphatic heterocycles. The van der Waals surface area contributed by atoms with Gasteiger partial charge in [-0.2, -0.15) is 0 Å². The molecule has 0 saturated carbocycles. The first kappa shape index (κ1) is 11.9. The molecule has 1 amide bonds. The zero-order valence-electron chi connectivity index (χ0n) is 7.64. The van der Waals surface area contributed by atoms with Gasteiger partial charge in [-0.15, -0.1) is 0 Å². The Morgan fingerprint density at radius 1 is 1.60 bits per heavy atom. The van der Waals surface area contributed by atoms with Gasteiger partial charge in [0.2, 0.25) is 6.41 Å². The van der Waals surface area contributed by atoms with Crippen LogP contribution in [0.5, 0.6) is 0 Å². The van der Waals surface area contributed by atoms with E-state index in [1.165, 1.54) is 12.1 Å². The standard InChI is InChI=1S/C9H9ClF2N2O/c10-7-2-1-5(9(12)13)6(8(7)11)3-14-4-15/h1-2,4,9H,3,13H2,(H,14,15). The first-order chi connectivity index (χ1) is 7.07. The molecule has 0 spiro atoms. The van der Waals surface area contributed by atoms with Crippen molar-refractivity contribution in [2.75, 3.05) is 0 Å². The summed E-state index contributed by atoms with van der Waals surface area (Å²) >= 11 is 5.52. The molecule has 0 aliphatic carbocycles. The molecule has 82 valence electrons. The van der Waals surface area contributed by atoms with Crippen LogP contribution < -0.4 is 11.1 Å². The fourth-order valence-electron chi connectivity index (χ4n) is 1.19. The van der Waals surface area contributed by atoms with E-state index in [2.05, 4.69) is 5.32 Å². The first-order valence-corrected chi connectivity index (χ1v) is 4.49. The Hall–Kier alpha value is -1.20. The summed E-state index contributed by atoms with van der Waals surface area (Å²) in [5.41, 5.74) is 4.95. The van der Waals surface area contributed by atoms with Crippen molar-refractivity contribution >= 4 is 18.0 Å². The second kappa shape index (κ2) is 5.04. The van der Waals surface area contributed by atoms with Crippen LogP contribution in [0.3, 0.4) is 0 Å². The number of amides is 1. The molecule has 0 bridgehead atoms. The van der Waals surface area contributed by atoms with Gasteiger partial charge in [0.05, 0.1) is 5.02 Å². The lowest BCUT2D eigenvalue weighted by Crippen LogP contribution is -2.16. The Morgan fingerprint density at radius 2 is 2.27 bits per heavy atom. The van der Waals surface area contributed by atoms with Gasteiger partial charge in [0.25, 0.3) is 0 Å².